The van der Waals surface area contributed by atoms with Gasteiger partial charge in [-0.15, -0.1) is 0 Å². The van der Waals surface area contributed by atoms with Crippen LogP contribution in [0.4, 0.5) is 0 Å². The number of phenols is 1. The van der Waals surface area contributed by atoms with Crippen molar-refractivity contribution in [1.29, 1.82) is 0 Å². The number of rotatable bonds is 0. The van der Waals surface area contributed by atoms with E-state index >= 15 is 0 Å². The van der Waals surface area contributed by atoms with Gasteiger partial charge in [0.25, 0.3) is 0 Å². The first kappa shape index (κ1) is 19.5. The molecule has 7 rings (SSSR count). The van der Waals surface area contributed by atoms with E-state index in [0.29, 0.717) is 16.9 Å². The molecule has 0 bridgehead atoms. The van der Waals surface area contributed by atoms with E-state index in [1.54, 1.807) is 0 Å². The van der Waals surface area contributed by atoms with E-state index in [1.807, 2.05) is 50.2 Å². The molecule has 0 radical (unpaired) electrons. The molecule has 4 aromatic carbocycles. The van der Waals surface area contributed by atoms with Crippen LogP contribution in [0.5, 0.6) is 28.7 Å². The number of aromatic hydroxyl groups is 1. The highest BCUT2D eigenvalue weighted by atomic mass is 16.5. The van der Waals surface area contributed by atoms with Gasteiger partial charge in [0.1, 0.15) is 28.5 Å². The Bertz CT molecular complexity index is 1640. The Morgan fingerprint density at radius 3 is 1.91 bits per heavy atom. The third-order valence-corrected chi connectivity index (χ3v) is 6.87. The number of benzene rings is 4. The van der Waals surface area contributed by atoms with E-state index < -0.39 is 11.2 Å². The van der Waals surface area contributed by atoms with Crippen molar-refractivity contribution in [2.45, 2.75) is 38.9 Å². The van der Waals surface area contributed by atoms with Crippen molar-refractivity contribution in [3.05, 3.63) is 77.4 Å². The first-order chi connectivity index (χ1) is 16.2. The standard InChI is InChI=1S/C30H24O4/c1-29(2)14-13-20-22-21-15-30(3,4)34-28-23(21)27(17-10-6-5-9-16(17)24(28)31)32-26(22)19-12-8-7-11-18(19)25(20)33-29/h5-15,31H,1-4H3. The molecular weight excluding hydrogens is 424 g/mol. The van der Waals surface area contributed by atoms with Crippen LogP contribution in [0, 0.1) is 0 Å². The maximum Gasteiger partial charge on any atom is 0.174 e. The van der Waals surface area contributed by atoms with E-state index in [9.17, 15) is 5.11 Å². The number of hydrogen-bond donors (Lipinski definition) is 1. The zero-order valence-electron chi connectivity index (χ0n) is 19.5. The summed E-state index contributed by atoms with van der Waals surface area (Å²) in [6.07, 6.45) is 6.36. The Labute approximate surface area is 197 Å². The molecule has 4 heteroatoms. The molecule has 0 spiro atoms. The molecule has 0 aliphatic carbocycles. The Balaban J connectivity index is 1.67. The fourth-order valence-corrected chi connectivity index (χ4v) is 5.45. The highest BCUT2D eigenvalue weighted by Crippen LogP contribution is 2.61. The summed E-state index contributed by atoms with van der Waals surface area (Å²) >= 11 is 0. The predicted octanol–water partition coefficient (Wildman–Crippen LogP) is 7.59. The third kappa shape index (κ3) is 2.48. The fourth-order valence-electron chi connectivity index (χ4n) is 5.45. The zero-order valence-corrected chi connectivity index (χ0v) is 19.5. The van der Waals surface area contributed by atoms with E-state index in [0.717, 1.165) is 49.9 Å². The highest BCUT2D eigenvalue weighted by molar-refractivity contribution is 6.11. The molecule has 0 saturated carbocycles. The quantitative estimate of drug-likeness (QED) is 0.265. The second kappa shape index (κ2) is 6.15. The minimum Gasteiger partial charge on any atom is -0.504 e. The molecule has 3 heterocycles. The van der Waals surface area contributed by atoms with Crippen LogP contribution in [-0.4, -0.2) is 16.3 Å². The Morgan fingerprint density at radius 1 is 0.647 bits per heavy atom. The lowest BCUT2D eigenvalue weighted by atomic mass is 9.81. The van der Waals surface area contributed by atoms with Gasteiger partial charge in [-0.1, -0.05) is 54.6 Å². The number of phenolic OH excluding ortho intramolecular Hbond substituents is 1. The van der Waals surface area contributed by atoms with E-state index in [-0.39, 0.29) is 5.75 Å². The Morgan fingerprint density at radius 2 is 1.21 bits per heavy atom. The number of ether oxygens (including phenoxy) is 3. The lowest BCUT2D eigenvalue weighted by Gasteiger charge is -2.38. The molecule has 0 amide bonds. The molecule has 0 atom stereocenters. The van der Waals surface area contributed by atoms with Gasteiger partial charge in [-0.2, -0.15) is 0 Å². The van der Waals surface area contributed by atoms with Crippen LogP contribution in [0.25, 0.3) is 33.2 Å². The van der Waals surface area contributed by atoms with Gasteiger partial charge >= 0.3 is 0 Å². The topological polar surface area (TPSA) is 47.9 Å². The highest BCUT2D eigenvalue weighted by Gasteiger charge is 2.41. The molecular formula is C30H24O4. The number of hydrogen-bond acceptors (Lipinski definition) is 4. The minimum atomic E-state index is -0.620. The summed E-state index contributed by atoms with van der Waals surface area (Å²) in [6, 6.07) is 16.0. The van der Waals surface area contributed by atoms with Crippen LogP contribution in [0.2, 0.25) is 0 Å². The monoisotopic (exact) mass is 448 g/mol. The fraction of sp³-hybridized carbons (Fsp3) is 0.200. The van der Waals surface area contributed by atoms with Crippen LogP contribution < -0.4 is 14.2 Å². The summed E-state index contributed by atoms with van der Waals surface area (Å²) in [7, 11) is 0. The van der Waals surface area contributed by atoms with Crippen LogP contribution in [0.15, 0.2) is 60.7 Å². The SMILES string of the molecule is CC1(C)C=C2c3c(c(O)c4ccccc4c3Oc3c2c2c(c4ccccc34)OC(C)(C)C=C2)O1. The summed E-state index contributed by atoms with van der Waals surface area (Å²) < 4.78 is 19.6. The van der Waals surface area contributed by atoms with Crippen molar-refractivity contribution in [3.63, 3.8) is 0 Å². The van der Waals surface area contributed by atoms with Crippen molar-refractivity contribution in [1.82, 2.24) is 0 Å². The molecule has 4 nitrogen and oxygen atoms in total. The third-order valence-electron chi connectivity index (χ3n) is 6.87. The molecule has 4 aromatic rings. The largest absolute Gasteiger partial charge is 0.504 e. The molecule has 0 aromatic heterocycles. The van der Waals surface area contributed by atoms with E-state index in [1.165, 1.54) is 0 Å². The number of fused-ring (bicyclic) bond motifs is 9. The minimum absolute atomic E-state index is 0.141. The molecule has 0 unspecified atom stereocenters. The van der Waals surface area contributed by atoms with Crippen molar-refractivity contribution >= 4 is 33.2 Å². The second-order valence-corrected chi connectivity index (χ2v) is 10.3. The maximum absolute atomic E-state index is 11.3. The van der Waals surface area contributed by atoms with E-state index in [2.05, 4.69) is 44.2 Å². The first-order valence-electron chi connectivity index (χ1n) is 11.6. The summed E-state index contributed by atoms with van der Waals surface area (Å²) in [5, 5.41) is 14.9. The van der Waals surface area contributed by atoms with Gasteiger partial charge in [-0.25, -0.2) is 0 Å². The van der Waals surface area contributed by atoms with Crippen molar-refractivity contribution < 1.29 is 19.3 Å². The van der Waals surface area contributed by atoms with Gasteiger partial charge in [0.05, 0.1) is 5.56 Å². The average Bonchev–Trinajstić information content (AvgIpc) is 2.81. The van der Waals surface area contributed by atoms with Crippen molar-refractivity contribution in [2.24, 2.45) is 0 Å². The molecule has 1 N–H and O–H groups in total. The van der Waals surface area contributed by atoms with Gasteiger partial charge in [0.2, 0.25) is 0 Å². The Hall–Kier alpha value is -3.92. The summed E-state index contributed by atoms with van der Waals surface area (Å²) in [4.78, 5) is 0. The van der Waals surface area contributed by atoms with Crippen LogP contribution in [0.1, 0.15) is 44.4 Å². The van der Waals surface area contributed by atoms with E-state index in [4.69, 9.17) is 14.2 Å². The molecule has 3 aliphatic rings. The predicted molar refractivity (Wildman–Crippen MR) is 135 cm³/mol. The van der Waals surface area contributed by atoms with Crippen molar-refractivity contribution in [2.75, 3.05) is 0 Å². The molecule has 0 saturated heterocycles. The van der Waals surface area contributed by atoms with Crippen LogP contribution in [-0.2, 0) is 0 Å². The molecule has 34 heavy (non-hydrogen) atoms. The van der Waals surface area contributed by atoms with Gasteiger partial charge in [-0.3, -0.25) is 0 Å². The smallest absolute Gasteiger partial charge is 0.174 e. The summed E-state index contributed by atoms with van der Waals surface area (Å²) in [5.74, 6) is 2.97. The van der Waals surface area contributed by atoms with Crippen molar-refractivity contribution in [3.8, 4) is 28.7 Å². The van der Waals surface area contributed by atoms with Gasteiger partial charge in [0.15, 0.2) is 11.5 Å². The molecule has 168 valence electrons. The van der Waals surface area contributed by atoms with Gasteiger partial charge < -0.3 is 19.3 Å². The first-order valence-corrected chi connectivity index (χ1v) is 11.6. The zero-order chi connectivity index (χ0) is 23.4. The van der Waals surface area contributed by atoms with Gasteiger partial charge in [0, 0.05) is 38.2 Å². The maximum atomic E-state index is 11.3. The second-order valence-electron chi connectivity index (χ2n) is 10.3. The van der Waals surface area contributed by atoms with Gasteiger partial charge in [-0.05, 0) is 39.8 Å². The summed E-state index contributed by atoms with van der Waals surface area (Å²) in [5.41, 5.74) is 2.71. The normalized spacial score (nSPS) is 18.2. The molecule has 0 fully saturated rings. The van der Waals surface area contributed by atoms with Crippen LogP contribution in [0.3, 0.4) is 0 Å². The van der Waals surface area contributed by atoms with Crippen LogP contribution >= 0.6 is 0 Å². The lowest BCUT2D eigenvalue weighted by Crippen LogP contribution is -2.31. The average molecular weight is 449 g/mol. The summed E-state index contributed by atoms with van der Waals surface area (Å²) in [6.45, 7) is 8.14. The lowest BCUT2D eigenvalue weighted by molar-refractivity contribution is 0.151. The molecule has 3 aliphatic heterocycles. The Kier molecular flexibility index (Phi) is 3.53.